The Bertz CT molecular complexity index is 507. The van der Waals surface area contributed by atoms with Crippen LogP contribution in [-0.2, 0) is 0 Å². The molecule has 18 heavy (non-hydrogen) atoms. The predicted molar refractivity (Wildman–Crippen MR) is 73.1 cm³/mol. The molecule has 0 bridgehead atoms. The van der Waals surface area contributed by atoms with Crippen molar-refractivity contribution in [3.8, 4) is 6.07 Å². The Morgan fingerprint density at radius 3 is 3.06 bits per heavy atom. The number of nitriles is 1. The predicted octanol–water partition coefficient (Wildman–Crippen LogP) is 3.13. The lowest BCUT2D eigenvalue weighted by Gasteiger charge is -2.30. The highest BCUT2D eigenvalue weighted by molar-refractivity contribution is 9.10. The van der Waals surface area contributed by atoms with Gasteiger partial charge in [-0.25, -0.2) is 0 Å². The van der Waals surface area contributed by atoms with Crippen LogP contribution in [0.3, 0.4) is 0 Å². The van der Waals surface area contributed by atoms with Crippen LogP contribution in [0.1, 0.15) is 28.8 Å². The monoisotopic (exact) mass is 306 g/mol. The van der Waals surface area contributed by atoms with Gasteiger partial charge in [0.15, 0.2) is 0 Å². The summed E-state index contributed by atoms with van der Waals surface area (Å²) in [5.41, 5.74) is 1.70. The van der Waals surface area contributed by atoms with Crippen LogP contribution in [0.4, 0.5) is 0 Å². The highest BCUT2D eigenvalue weighted by Gasteiger charge is 2.25. The van der Waals surface area contributed by atoms with Crippen molar-refractivity contribution in [3.63, 3.8) is 0 Å². The molecule has 1 atom stereocenters. The first-order valence-corrected chi connectivity index (χ1v) is 6.86. The van der Waals surface area contributed by atoms with E-state index in [-0.39, 0.29) is 11.8 Å². The maximum atomic E-state index is 12.4. The van der Waals surface area contributed by atoms with E-state index in [0.29, 0.717) is 6.54 Å². The first kappa shape index (κ1) is 13.1. The zero-order chi connectivity index (χ0) is 13.1. The Morgan fingerprint density at radius 2 is 2.33 bits per heavy atom. The second-order valence-corrected chi connectivity index (χ2v) is 5.59. The molecule has 0 spiro atoms. The fraction of sp³-hybridized carbons (Fsp3) is 0.429. The number of carbonyl (C=O) groups excluding carboxylic acids is 1. The molecule has 94 valence electrons. The van der Waals surface area contributed by atoms with Gasteiger partial charge >= 0.3 is 0 Å². The lowest BCUT2D eigenvalue weighted by molar-refractivity contribution is 0.0698. The highest BCUT2D eigenvalue weighted by Crippen LogP contribution is 2.21. The molecule has 0 radical (unpaired) electrons. The summed E-state index contributed by atoms with van der Waals surface area (Å²) in [4.78, 5) is 14.2. The molecule has 1 aliphatic rings. The van der Waals surface area contributed by atoms with Gasteiger partial charge in [0.05, 0.1) is 12.0 Å². The minimum absolute atomic E-state index is 0.0184. The fourth-order valence-electron chi connectivity index (χ4n) is 2.26. The zero-order valence-electron chi connectivity index (χ0n) is 10.3. The molecule has 1 aromatic carbocycles. The van der Waals surface area contributed by atoms with E-state index in [4.69, 9.17) is 5.26 Å². The Labute approximate surface area is 116 Å². The fourth-order valence-corrected chi connectivity index (χ4v) is 2.62. The third-order valence-electron chi connectivity index (χ3n) is 3.32. The summed E-state index contributed by atoms with van der Waals surface area (Å²) in [7, 11) is 0. The van der Waals surface area contributed by atoms with E-state index in [1.165, 1.54) is 0 Å². The minimum atomic E-state index is -0.0184. The van der Waals surface area contributed by atoms with E-state index in [9.17, 15) is 4.79 Å². The van der Waals surface area contributed by atoms with Crippen LogP contribution in [0.2, 0.25) is 0 Å². The van der Waals surface area contributed by atoms with Crippen molar-refractivity contribution < 1.29 is 4.79 Å². The number of halogens is 1. The zero-order valence-corrected chi connectivity index (χ0v) is 11.9. The largest absolute Gasteiger partial charge is 0.337 e. The molecule has 1 unspecified atom stereocenters. The molecule has 1 saturated heterocycles. The van der Waals surface area contributed by atoms with Crippen LogP contribution in [0.5, 0.6) is 0 Å². The lowest BCUT2D eigenvalue weighted by atomic mass is 9.98. The first-order valence-electron chi connectivity index (χ1n) is 6.07. The number of rotatable bonds is 1. The van der Waals surface area contributed by atoms with E-state index in [1.54, 1.807) is 4.90 Å². The molecule has 2 rings (SSSR count). The molecule has 1 heterocycles. The smallest absolute Gasteiger partial charge is 0.254 e. The topological polar surface area (TPSA) is 44.1 Å². The van der Waals surface area contributed by atoms with Crippen LogP contribution in [0.25, 0.3) is 0 Å². The van der Waals surface area contributed by atoms with E-state index in [2.05, 4.69) is 22.0 Å². The molecule has 0 N–H and O–H groups in total. The van der Waals surface area contributed by atoms with Crippen LogP contribution in [0, 0.1) is 24.2 Å². The Balaban J connectivity index is 2.21. The SMILES string of the molecule is Cc1ccc(Br)cc1C(=O)N1CCCC(C#N)C1. The molecule has 0 aromatic heterocycles. The number of likely N-dealkylation sites (tertiary alicyclic amines) is 1. The lowest BCUT2D eigenvalue weighted by Crippen LogP contribution is -2.39. The third-order valence-corrected chi connectivity index (χ3v) is 3.81. The number of nitrogens with zero attached hydrogens (tertiary/aromatic N) is 2. The van der Waals surface area contributed by atoms with E-state index in [1.807, 2.05) is 25.1 Å². The molecule has 0 aliphatic carbocycles. The Kier molecular flexibility index (Phi) is 4.03. The van der Waals surface area contributed by atoms with Crippen molar-refractivity contribution in [2.24, 2.45) is 5.92 Å². The molecular weight excluding hydrogens is 292 g/mol. The van der Waals surface area contributed by atoms with Crippen molar-refractivity contribution in [1.82, 2.24) is 4.90 Å². The van der Waals surface area contributed by atoms with Gasteiger partial charge in [0.2, 0.25) is 0 Å². The second kappa shape index (κ2) is 5.53. The van der Waals surface area contributed by atoms with E-state index >= 15 is 0 Å². The van der Waals surface area contributed by atoms with Crippen molar-refractivity contribution >= 4 is 21.8 Å². The summed E-state index contributed by atoms with van der Waals surface area (Å²) >= 11 is 3.39. The number of aryl methyl sites for hydroxylation is 1. The number of amides is 1. The van der Waals surface area contributed by atoms with Gasteiger partial charge in [0.25, 0.3) is 5.91 Å². The van der Waals surface area contributed by atoms with Crippen LogP contribution in [-0.4, -0.2) is 23.9 Å². The molecule has 4 heteroatoms. The van der Waals surface area contributed by atoms with Crippen molar-refractivity contribution in [1.29, 1.82) is 5.26 Å². The summed E-state index contributed by atoms with van der Waals surface area (Å²) < 4.78 is 0.908. The van der Waals surface area contributed by atoms with Gasteiger partial charge in [-0.05, 0) is 37.5 Å². The first-order chi connectivity index (χ1) is 8.61. The molecular formula is C14H15BrN2O. The average molecular weight is 307 g/mol. The van der Waals surface area contributed by atoms with Gasteiger partial charge in [0, 0.05) is 23.1 Å². The van der Waals surface area contributed by atoms with Gasteiger partial charge < -0.3 is 4.90 Å². The van der Waals surface area contributed by atoms with Gasteiger partial charge in [-0.2, -0.15) is 5.26 Å². The summed E-state index contributed by atoms with van der Waals surface area (Å²) in [6.45, 7) is 3.25. The number of hydrogen-bond acceptors (Lipinski definition) is 2. The Hall–Kier alpha value is -1.34. The quantitative estimate of drug-likeness (QED) is 0.800. The van der Waals surface area contributed by atoms with Gasteiger partial charge in [-0.3, -0.25) is 4.79 Å². The van der Waals surface area contributed by atoms with Gasteiger partial charge in [-0.15, -0.1) is 0 Å². The van der Waals surface area contributed by atoms with Crippen molar-refractivity contribution in [2.75, 3.05) is 13.1 Å². The number of carbonyl (C=O) groups is 1. The van der Waals surface area contributed by atoms with Gasteiger partial charge in [0.1, 0.15) is 0 Å². The maximum Gasteiger partial charge on any atom is 0.254 e. The standard InChI is InChI=1S/C14H15BrN2O/c1-10-4-5-12(15)7-13(10)14(18)17-6-2-3-11(8-16)9-17/h4-5,7,11H,2-3,6,9H2,1H3. The van der Waals surface area contributed by atoms with Gasteiger partial charge in [-0.1, -0.05) is 22.0 Å². The van der Waals surface area contributed by atoms with Crippen LogP contribution in [0.15, 0.2) is 22.7 Å². The Morgan fingerprint density at radius 1 is 1.56 bits per heavy atom. The summed E-state index contributed by atoms with van der Waals surface area (Å²) in [5, 5.41) is 8.96. The summed E-state index contributed by atoms with van der Waals surface area (Å²) in [5.74, 6) is 0.0175. The minimum Gasteiger partial charge on any atom is -0.337 e. The highest BCUT2D eigenvalue weighted by atomic mass is 79.9. The van der Waals surface area contributed by atoms with Crippen LogP contribution >= 0.6 is 15.9 Å². The molecule has 1 amide bonds. The number of hydrogen-bond donors (Lipinski definition) is 0. The molecule has 1 aromatic rings. The summed E-state index contributed by atoms with van der Waals surface area (Å²) in [6, 6.07) is 7.98. The second-order valence-electron chi connectivity index (χ2n) is 4.68. The normalized spacial score (nSPS) is 19.4. The van der Waals surface area contributed by atoms with Crippen LogP contribution < -0.4 is 0 Å². The average Bonchev–Trinajstić information content (AvgIpc) is 2.41. The third kappa shape index (κ3) is 2.73. The van der Waals surface area contributed by atoms with Crippen molar-refractivity contribution in [3.05, 3.63) is 33.8 Å². The number of benzene rings is 1. The number of piperidine rings is 1. The molecule has 3 nitrogen and oxygen atoms in total. The van der Waals surface area contributed by atoms with E-state index in [0.717, 1.165) is 35.0 Å². The maximum absolute atomic E-state index is 12.4. The molecule has 0 saturated carbocycles. The van der Waals surface area contributed by atoms with E-state index < -0.39 is 0 Å². The summed E-state index contributed by atoms with van der Waals surface area (Å²) in [6.07, 6.45) is 1.81. The molecule has 1 aliphatic heterocycles. The molecule has 1 fully saturated rings. The van der Waals surface area contributed by atoms with Crippen molar-refractivity contribution in [2.45, 2.75) is 19.8 Å².